The molecule has 0 saturated carbocycles. The van der Waals surface area contributed by atoms with E-state index in [1.807, 2.05) is 6.07 Å². The first-order valence-corrected chi connectivity index (χ1v) is 9.77. The predicted octanol–water partition coefficient (Wildman–Crippen LogP) is 1.21. The molecule has 0 aliphatic carbocycles. The number of nitrogens with one attached hydrogen (secondary N) is 3. The highest BCUT2D eigenvalue weighted by atomic mass is 32.2. The summed E-state index contributed by atoms with van der Waals surface area (Å²) in [7, 11) is 0. The Hall–Kier alpha value is -2.21. The highest BCUT2D eigenvalue weighted by Crippen LogP contribution is 2.09. The summed E-state index contributed by atoms with van der Waals surface area (Å²) < 4.78 is 4.76. The van der Waals surface area contributed by atoms with Crippen LogP contribution >= 0.6 is 23.5 Å². The van der Waals surface area contributed by atoms with Crippen molar-refractivity contribution in [1.82, 2.24) is 31.0 Å². The highest BCUT2D eigenvalue weighted by molar-refractivity contribution is 7.98. The SMILES string of the molecule is O=[N+]([O-])C=C(NCCSCc1ccon1)NCCSCc1nc[nH]n1. The van der Waals surface area contributed by atoms with E-state index in [9.17, 15) is 10.1 Å². The summed E-state index contributed by atoms with van der Waals surface area (Å²) in [6, 6.07) is 1.82. The van der Waals surface area contributed by atoms with E-state index in [1.54, 1.807) is 23.5 Å². The van der Waals surface area contributed by atoms with Crippen LogP contribution in [0.2, 0.25) is 0 Å². The molecule has 2 aromatic rings. The molecule has 0 radical (unpaired) electrons. The van der Waals surface area contributed by atoms with E-state index in [0.29, 0.717) is 24.7 Å². The van der Waals surface area contributed by atoms with Crippen LogP contribution in [0.15, 0.2) is 35.2 Å². The van der Waals surface area contributed by atoms with Crippen LogP contribution in [-0.4, -0.2) is 49.9 Å². The molecule has 2 rings (SSSR count). The monoisotopic (exact) mass is 385 g/mol. The third kappa shape index (κ3) is 8.44. The third-order valence-corrected chi connectivity index (χ3v) is 4.74. The van der Waals surface area contributed by atoms with Gasteiger partial charge in [-0.1, -0.05) is 5.16 Å². The van der Waals surface area contributed by atoms with Gasteiger partial charge in [0, 0.05) is 36.4 Å². The maximum absolute atomic E-state index is 10.7. The van der Waals surface area contributed by atoms with E-state index in [1.165, 1.54) is 12.6 Å². The minimum Gasteiger partial charge on any atom is -0.366 e. The van der Waals surface area contributed by atoms with Crippen molar-refractivity contribution in [2.24, 2.45) is 0 Å². The number of hydrogen-bond donors (Lipinski definition) is 3. The number of hydrogen-bond acceptors (Lipinski definition) is 10. The fourth-order valence-corrected chi connectivity index (χ4v) is 3.19. The van der Waals surface area contributed by atoms with E-state index >= 15 is 0 Å². The Morgan fingerprint density at radius 1 is 1.32 bits per heavy atom. The molecule has 12 heteroatoms. The molecule has 0 saturated heterocycles. The van der Waals surface area contributed by atoms with Crippen LogP contribution in [0.4, 0.5) is 0 Å². The largest absolute Gasteiger partial charge is 0.366 e. The fraction of sp³-hybridized carbons (Fsp3) is 0.462. The molecule has 10 nitrogen and oxygen atoms in total. The van der Waals surface area contributed by atoms with E-state index in [2.05, 4.69) is 31.0 Å². The first-order chi connectivity index (χ1) is 12.2. The summed E-state index contributed by atoms with van der Waals surface area (Å²) in [5, 5.41) is 27.2. The normalized spacial score (nSPS) is 11.4. The first-order valence-electron chi connectivity index (χ1n) is 7.46. The molecule has 0 amide bonds. The van der Waals surface area contributed by atoms with Crippen molar-refractivity contribution in [1.29, 1.82) is 0 Å². The van der Waals surface area contributed by atoms with Crippen molar-refractivity contribution < 1.29 is 9.45 Å². The van der Waals surface area contributed by atoms with Crippen LogP contribution in [0.1, 0.15) is 11.5 Å². The lowest BCUT2D eigenvalue weighted by Crippen LogP contribution is -2.30. The molecule has 0 aliphatic rings. The average molecular weight is 385 g/mol. The minimum atomic E-state index is -0.474. The van der Waals surface area contributed by atoms with Crippen LogP contribution in [-0.2, 0) is 11.5 Å². The maximum atomic E-state index is 10.7. The summed E-state index contributed by atoms with van der Waals surface area (Å²) in [5.74, 6) is 4.18. The molecule has 0 aromatic carbocycles. The zero-order valence-corrected chi connectivity index (χ0v) is 15.0. The van der Waals surface area contributed by atoms with Gasteiger partial charge in [-0.05, 0) is 0 Å². The van der Waals surface area contributed by atoms with Crippen molar-refractivity contribution in [2.45, 2.75) is 11.5 Å². The Morgan fingerprint density at radius 2 is 2.08 bits per heavy atom. The smallest absolute Gasteiger partial charge is 0.274 e. The van der Waals surface area contributed by atoms with Gasteiger partial charge in [-0.15, -0.1) is 0 Å². The lowest BCUT2D eigenvalue weighted by Gasteiger charge is -2.10. The van der Waals surface area contributed by atoms with Gasteiger partial charge in [-0.3, -0.25) is 15.2 Å². The summed E-state index contributed by atoms with van der Waals surface area (Å²) >= 11 is 3.32. The maximum Gasteiger partial charge on any atom is 0.274 e. The van der Waals surface area contributed by atoms with Crippen LogP contribution in [0.25, 0.3) is 0 Å². The molecule has 0 atom stereocenters. The molecule has 2 aromatic heterocycles. The van der Waals surface area contributed by atoms with Crippen LogP contribution in [0, 0.1) is 10.1 Å². The Morgan fingerprint density at radius 3 is 2.68 bits per heavy atom. The molecular weight excluding hydrogens is 366 g/mol. The van der Waals surface area contributed by atoms with Gasteiger partial charge in [0.2, 0.25) is 0 Å². The topological polar surface area (TPSA) is 135 Å². The van der Waals surface area contributed by atoms with E-state index in [0.717, 1.165) is 35.0 Å². The highest BCUT2D eigenvalue weighted by Gasteiger charge is 2.03. The fourth-order valence-electron chi connectivity index (χ4n) is 1.73. The standard InChI is InChI=1S/C13H19N7O3S2/c21-20(22)7-12(14-2-5-24-8-11-1-4-23-19-11)15-3-6-25-9-13-16-10-17-18-13/h1,4,7,10,14-15H,2-3,5-6,8-9H2,(H,16,17,18). The van der Waals surface area contributed by atoms with Crippen molar-refractivity contribution in [3.63, 3.8) is 0 Å². The number of aromatic amines is 1. The Balaban J connectivity index is 1.58. The van der Waals surface area contributed by atoms with Crippen LogP contribution in [0.5, 0.6) is 0 Å². The van der Waals surface area contributed by atoms with Gasteiger partial charge in [0.1, 0.15) is 12.6 Å². The zero-order valence-electron chi connectivity index (χ0n) is 13.4. The Bertz CT molecular complexity index is 588. The van der Waals surface area contributed by atoms with E-state index in [-0.39, 0.29) is 0 Å². The van der Waals surface area contributed by atoms with Gasteiger partial charge in [0.05, 0.1) is 16.4 Å². The molecule has 0 aliphatic heterocycles. The van der Waals surface area contributed by atoms with E-state index < -0.39 is 4.92 Å². The lowest BCUT2D eigenvalue weighted by atomic mass is 10.5. The second kappa shape index (κ2) is 11.4. The minimum absolute atomic E-state index is 0.408. The van der Waals surface area contributed by atoms with Gasteiger partial charge in [0.25, 0.3) is 6.20 Å². The lowest BCUT2D eigenvalue weighted by molar-refractivity contribution is -0.404. The summed E-state index contributed by atoms with van der Waals surface area (Å²) in [6.07, 6.45) is 4.02. The quantitative estimate of drug-likeness (QED) is 0.262. The molecular formula is C13H19N7O3S2. The molecule has 136 valence electrons. The van der Waals surface area contributed by atoms with Gasteiger partial charge >= 0.3 is 0 Å². The van der Waals surface area contributed by atoms with Gasteiger partial charge in [0.15, 0.2) is 11.6 Å². The molecule has 2 heterocycles. The second-order valence-corrected chi connectivity index (χ2v) is 6.90. The van der Waals surface area contributed by atoms with Crippen molar-refractivity contribution in [2.75, 3.05) is 24.6 Å². The molecule has 0 bridgehead atoms. The number of aromatic nitrogens is 4. The predicted molar refractivity (Wildman–Crippen MR) is 96.3 cm³/mol. The summed E-state index contributed by atoms with van der Waals surface area (Å²) in [4.78, 5) is 14.3. The summed E-state index contributed by atoms with van der Waals surface area (Å²) in [6.45, 7) is 1.22. The average Bonchev–Trinajstić information content (AvgIpc) is 3.27. The Kier molecular flexibility index (Phi) is 8.69. The van der Waals surface area contributed by atoms with Crippen LogP contribution in [0.3, 0.4) is 0 Å². The van der Waals surface area contributed by atoms with E-state index in [4.69, 9.17) is 4.52 Å². The van der Waals surface area contributed by atoms with Gasteiger partial charge in [-0.2, -0.15) is 28.6 Å². The number of thioether (sulfide) groups is 2. The van der Waals surface area contributed by atoms with Gasteiger partial charge < -0.3 is 15.2 Å². The molecule has 0 unspecified atom stereocenters. The van der Waals surface area contributed by atoms with Crippen molar-refractivity contribution in [3.05, 3.63) is 52.3 Å². The molecule has 0 spiro atoms. The number of H-pyrrole nitrogens is 1. The molecule has 0 fully saturated rings. The second-order valence-electron chi connectivity index (χ2n) is 4.69. The Labute approximate surface area is 152 Å². The number of rotatable bonds is 13. The van der Waals surface area contributed by atoms with Crippen molar-refractivity contribution >= 4 is 23.5 Å². The summed E-state index contributed by atoms with van der Waals surface area (Å²) in [5.41, 5.74) is 0.882. The zero-order chi connectivity index (χ0) is 17.7. The first kappa shape index (κ1) is 19.1. The van der Waals surface area contributed by atoms with Crippen molar-refractivity contribution in [3.8, 4) is 0 Å². The van der Waals surface area contributed by atoms with Gasteiger partial charge in [-0.25, -0.2) is 4.98 Å². The molecule has 3 N–H and O–H groups in total. The van der Waals surface area contributed by atoms with Crippen LogP contribution < -0.4 is 10.6 Å². The molecule has 25 heavy (non-hydrogen) atoms. The third-order valence-electron chi connectivity index (χ3n) is 2.80. The number of nitro groups is 1. The number of nitrogens with zero attached hydrogens (tertiary/aromatic N) is 4.